The molecule has 1 fully saturated rings. The lowest BCUT2D eigenvalue weighted by Gasteiger charge is -2.29. The maximum atomic E-state index is 12.4. The minimum absolute atomic E-state index is 0.226. The number of carbonyl (C=O) groups excluding carboxylic acids is 2. The van der Waals surface area contributed by atoms with Crippen LogP contribution in [-0.2, 0) is 9.59 Å². The first kappa shape index (κ1) is 17.2. The van der Waals surface area contributed by atoms with Crippen LogP contribution in [0.3, 0.4) is 0 Å². The average molecular weight is 282 g/mol. The number of amides is 1. The number of likely N-dealkylation sites (tertiary alicyclic amines) is 1. The molecule has 0 aromatic carbocycles. The zero-order valence-electron chi connectivity index (χ0n) is 13.7. The van der Waals surface area contributed by atoms with Gasteiger partial charge in [-0.3, -0.25) is 9.59 Å². The van der Waals surface area contributed by atoms with Gasteiger partial charge in [0.15, 0.2) is 0 Å². The molecule has 20 heavy (non-hydrogen) atoms. The van der Waals surface area contributed by atoms with Crippen LogP contribution in [0, 0.1) is 5.41 Å². The van der Waals surface area contributed by atoms with E-state index in [0.717, 1.165) is 38.9 Å². The van der Waals surface area contributed by atoms with Crippen molar-refractivity contribution < 1.29 is 9.59 Å². The van der Waals surface area contributed by atoms with Crippen LogP contribution in [0.1, 0.15) is 53.4 Å². The van der Waals surface area contributed by atoms with Crippen molar-refractivity contribution in [1.82, 2.24) is 9.80 Å². The Bertz CT molecular complexity index is 352. The number of ketones is 1. The van der Waals surface area contributed by atoms with E-state index < -0.39 is 5.41 Å². The Balaban J connectivity index is 2.64. The summed E-state index contributed by atoms with van der Waals surface area (Å²) in [6.45, 7) is 10.6. The number of Topliss-reactive ketones (excluding diaryl/α,β-unsaturated/α-hetero) is 1. The lowest BCUT2D eigenvalue weighted by atomic mass is 9.84. The predicted molar refractivity (Wildman–Crippen MR) is 81.6 cm³/mol. The molecule has 4 heteroatoms. The molecule has 116 valence electrons. The summed E-state index contributed by atoms with van der Waals surface area (Å²) in [6, 6.07) is 0.244. The smallest absolute Gasteiger partial charge is 0.290 e. The lowest BCUT2D eigenvalue weighted by molar-refractivity contribution is -0.149. The van der Waals surface area contributed by atoms with Crippen molar-refractivity contribution in [3.63, 3.8) is 0 Å². The van der Waals surface area contributed by atoms with Crippen molar-refractivity contribution in [2.45, 2.75) is 59.4 Å². The van der Waals surface area contributed by atoms with Gasteiger partial charge in [-0.2, -0.15) is 0 Å². The highest BCUT2D eigenvalue weighted by atomic mass is 16.2. The van der Waals surface area contributed by atoms with E-state index in [1.165, 1.54) is 0 Å². The molecule has 0 N–H and O–H groups in total. The standard InChI is InChI=1S/C16H30N2O2/c1-6-16(3,4)14(19)15(20)18-11-8-9-13(18)10-12-17(5)7-2/h13H,6-12H2,1-5H3. The second-order valence-corrected chi connectivity index (χ2v) is 6.55. The van der Waals surface area contributed by atoms with E-state index in [1.807, 2.05) is 25.7 Å². The molecule has 4 nitrogen and oxygen atoms in total. The summed E-state index contributed by atoms with van der Waals surface area (Å²) in [6.07, 6.45) is 3.72. The van der Waals surface area contributed by atoms with Crippen LogP contribution in [0.25, 0.3) is 0 Å². The van der Waals surface area contributed by atoms with Gasteiger partial charge in [-0.1, -0.05) is 27.7 Å². The lowest BCUT2D eigenvalue weighted by Crippen LogP contribution is -2.45. The summed E-state index contributed by atoms with van der Waals surface area (Å²) >= 11 is 0. The maximum Gasteiger partial charge on any atom is 0.290 e. The molecule has 0 bridgehead atoms. The second-order valence-electron chi connectivity index (χ2n) is 6.55. The van der Waals surface area contributed by atoms with E-state index in [-0.39, 0.29) is 17.7 Å². The van der Waals surface area contributed by atoms with Crippen LogP contribution in [0.2, 0.25) is 0 Å². The Morgan fingerprint density at radius 3 is 2.50 bits per heavy atom. The molecule has 1 atom stereocenters. The molecule has 0 radical (unpaired) electrons. The van der Waals surface area contributed by atoms with Gasteiger partial charge in [0, 0.05) is 18.0 Å². The summed E-state index contributed by atoms with van der Waals surface area (Å²) in [7, 11) is 2.09. The number of nitrogens with zero attached hydrogens (tertiary/aromatic N) is 2. The molecule has 1 saturated heterocycles. The Morgan fingerprint density at radius 1 is 1.30 bits per heavy atom. The van der Waals surface area contributed by atoms with E-state index in [1.54, 1.807) is 0 Å². The number of rotatable bonds is 7. The van der Waals surface area contributed by atoms with Crippen molar-refractivity contribution >= 4 is 11.7 Å². The van der Waals surface area contributed by atoms with Gasteiger partial charge in [-0.25, -0.2) is 0 Å². The molecule has 1 rings (SSSR count). The summed E-state index contributed by atoms with van der Waals surface area (Å²) in [4.78, 5) is 28.8. The van der Waals surface area contributed by atoms with E-state index >= 15 is 0 Å². The summed E-state index contributed by atoms with van der Waals surface area (Å²) in [5, 5.41) is 0. The molecule has 0 spiro atoms. The first-order valence-corrected chi connectivity index (χ1v) is 7.87. The zero-order valence-corrected chi connectivity index (χ0v) is 13.7. The van der Waals surface area contributed by atoms with Gasteiger partial charge in [0.05, 0.1) is 0 Å². The Labute approximate surface area is 123 Å². The molecule has 1 heterocycles. The van der Waals surface area contributed by atoms with Crippen LogP contribution < -0.4 is 0 Å². The van der Waals surface area contributed by atoms with Crippen LogP contribution in [0.5, 0.6) is 0 Å². The van der Waals surface area contributed by atoms with E-state index in [2.05, 4.69) is 18.9 Å². The van der Waals surface area contributed by atoms with Crippen LogP contribution in [-0.4, -0.2) is 54.2 Å². The number of carbonyl (C=O) groups is 2. The number of hydrogen-bond acceptors (Lipinski definition) is 3. The van der Waals surface area contributed by atoms with Crippen molar-refractivity contribution in [1.29, 1.82) is 0 Å². The summed E-state index contributed by atoms with van der Waals surface area (Å²) in [5.41, 5.74) is -0.537. The minimum atomic E-state index is -0.537. The maximum absolute atomic E-state index is 12.4. The summed E-state index contributed by atoms with van der Waals surface area (Å²) < 4.78 is 0. The average Bonchev–Trinajstić information content (AvgIpc) is 2.91. The van der Waals surface area contributed by atoms with E-state index in [0.29, 0.717) is 6.42 Å². The monoisotopic (exact) mass is 282 g/mol. The van der Waals surface area contributed by atoms with Crippen molar-refractivity contribution in [2.75, 3.05) is 26.7 Å². The Kier molecular flexibility index (Phi) is 6.18. The third kappa shape index (κ3) is 4.05. The van der Waals surface area contributed by atoms with Crippen molar-refractivity contribution in [3.05, 3.63) is 0 Å². The molecule has 0 aliphatic carbocycles. The van der Waals surface area contributed by atoms with Gasteiger partial charge in [-0.05, 0) is 45.8 Å². The second kappa shape index (κ2) is 7.21. The van der Waals surface area contributed by atoms with E-state index in [9.17, 15) is 9.59 Å². The van der Waals surface area contributed by atoms with Crippen LogP contribution in [0.15, 0.2) is 0 Å². The van der Waals surface area contributed by atoms with Crippen molar-refractivity contribution in [3.8, 4) is 0 Å². The van der Waals surface area contributed by atoms with Gasteiger partial charge in [0.2, 0.25) is 5.78 Å². The Morgan fingerprint density at radius 2 is 1.95 bits per heavy atom. The first-order valence-electron chi connectivity index (χ1n) is 7.87. The molecule has 0 saturated carbocycles. The van der Waals surface area contributed by atoms with Gasteiger partial charge in [0.1, 0.15) is 0 Å². The quantitative estimate of drug-likeness (QED) is 0.673. The molecule has 1 aliphatic rings. The molecule has 1 unspecified atom stereocenters. The highest BCUT2D eigenvalue weighted by molar-refractivity contribution is 6.38. The van der Waals surface area contributed by atoms with Gasteiger partial charge in [-0.15, -0.1) is 0 Å². The normalized spacial score (nSPS) is 19.7. The summed E-state index contributed by atoms with van der Waals surface area (Å²) in [5.74, 6) is -0.491. The largest absolute Gasteiger partial charge is 0.333 e. The fourth-order valence-electron chi connectivity index (χ4n) is 2.51. The van der Waals surface area contributed by atoms with Gasteiger partial charge >= 0.3 is 0 Å². The SMILES string of the molecule is CCN(C)CCC1CCCN1C(=O)C(=O)C(C)(C)CC. The fraction of sp³-hybridized carbons (Fsp3) is 0.875. The highest BCUT2D eigenvalue weighted by Crippen LogP contribution is 2.26. The third-order valence-electron chi connectivity index (χ3n) is 4.71. The van der Waals surface area contributed by atoms with Crippen LogP contribution in [0.4, 0.5) is 0 Å². The molecule has 0 aromatic rings. The minimum Gasteiger partial charge on any atom is -0.333 e. The van der Waals surface area contributed by atoms with Crippen LogP contribution >= 0.6 is 0 Å². The van der Waals surface area contributed by atoms with Crippen molar-refractivity contribution in [2.24, 2.45) is 5.41 Å². The molecule has 1 amide bonds. The fourth-order valence-corrected chi connectivity index (χ4v) is 2.51. The van der Waals surface area contributed by atoms with Gasteiger partial charge < -0.3 is 9.80 Å². The topological polar surface area (TPSA) is 40.6 Å². The Hall–Kier alpha value is -0.900. The molecule has 1 aliphatic heterocycles. The predicted octanol–water partition coefficient (Wildman–Crippen LogP) is 2.32. The third-order valence-corrected chi connectivity index (χ3v) is 4.71. The molecule has 0 aromatic heterocycles. The highest BCUT2D eigenvalue weighted by Gasteiger charge is 2.38. The number of hydrogen-bond donors (Lipinski definition) is 0. The first-order chi connectivity index (χ1) is 9.33. The molecular weight excluding hydrogens is 252 g/mol. The van der Waals surface area contributed by atoms with E-state index in [4.69, 9.17) is 0 Å². The zero-order chi connectivity index (χ0) is 15.3. The van der Waals surface area contributed by atoms with Gasteiger partial charge in [0.25, 0.3) is 5.91 Å². The molecular formula is C16H30N2O2.